The van der Waals surface area contributed by atoms with Gasteiger partial charge in [-0.05, 0) is 37.8 Å². The summed E-state index contributed by atoms with van der Waals surface area (Å²) in [6, 6.07) is 4.01. The fourth-order valence-electron chi connectivity index (χ4n) is 2.81. The van der Waals surface area contributed by atoms with Crippen LogP contribution in [0, 0.1) is 5.92 Å². The van der Waals surface area contributed by atoms with Crippen molar-refractivity contribution in [1.29, 1.82) is 0 Å². The van der Waals surface area contributed by atoms with Gasteiger partial charge < -0.3 is 19.3 Å². The van der Waals surface area contributed by atoms with Crippen molar-refractivity contribution < 1.29 is 19.1 Å². The highest BCUT2D eigenvalue weighted by atomic mass is 16.4. The Hall–Kier alpha value is -1.98. The Morgan fingerprint density at radius 1 is 1.29 bits per heavy atom. The van der Waals surface area contributed by atoms with Crippen molar-refractivity contribution in [2.45, 2.75) is 38.3 Å². The number of carbonyl (C=O) groups excluding carboxylic acids is 1. The Labute approximate surface area is 123 Å². The topological polar surface area (TPSA) is 74.0 Å². The molecule has 6 nitrogen and oxygen atoms in total. The molecule has 0 spiro atoms. The molecular weight excluding hydrogens is 272 g/mol. The lowest BCUT2D eigenvalue weighted by atomic mass is 9.97. The molecule has 2 aliphatic rings. The Kier molecular flexibility index (Phi) is 3.86. The second-order valence-corrected chi connectivity index (χ2v) is 5.82. The van der Waals surface area contributed by atoms with Gasteiger partial charge in [0.15, 0.2) is 0 Å². The number of hydrogen-bond acceptors (Lipinski definition) is 3. The normalized spacial score (nSPS) is 19.5. The first-order chi connectivity index (χ1) is 10.1. The van der Waals surface area contributed by atoms with Gasteiger partial charge in [-0.2, -0.15) is 0 Å². The SMILES string of the molecule is O=C(O)C1CCN(C(=O)N(Cc2ccco2)C2CC2)CC1. The molecule has 2 heterocycles. The molecule has 0 unspecified atom stereocenters. The molecule has 0 radical (unpaired) electrons. The molecule has 1 aliphatic heterocycles. The number of carboxylic acid groups (broad SMARTS) is 1. The summed E-state index contributed by atoms with van der Waals surface area (Å²) in [6.07, 6.45) is 4.78. The van der Waals surface area contributed by atoms with Gasteiger partial charge in [-0.1, -0.05) is 0 Å². The van der Waals surface area contributed by atoms with Gasteiger partial charge in [0.25, 0.3) is 0 Å². The van der Waals surface area contributed by atoms with Gasteiger partial charge in [0.1, 0.15) is 5.76 Å². The van der Waals surface area contributed by atoms with Crippen LogP contribution in [0.1, 0.15) is 31.4 Å². The van der Waals surface area contributed by atoms with Crippen LogP contribution < -0.4 is 0 Å². The number of rotatable bonds is 4. The number of furan rings is 1. The van der Waals surface area contributed by atoms with Crippen LogP contribution in [0.3, 0.4) is 0 Å². The van der Waals surface area contributed by atoms with Crippen molar-refractivity contribution in [3.8, 4) is 0 Å². The summed E-state index contributed by atoms with van der Waals surface area (Å²) >= 11 is 0. The first kappa shape index (κ1) is 14.0. The van der Waals surface area contributed by atoms with Crippen LogP contribution in [0.4, 0.5) is 4.79 Å². The first-order valence-corrected chi connectivity index (χ1v) is 7.46. The highest BCUT2D eigenvalue weighted by Gasteiger charge is 2.37. The average Bonchev–Trinajstić information content (AvgIpc) is 3.20. The number of piperidine rings is 1. The summed E-state index contributed by atoms with van der Waals surface area (Å²) < 4.78 is 5.34. The highest BCUT2D eigenvalue weighted by molar-refractivity contribution is 5.76. The number of urea groups is 1. The van der Waals surface area contributed by atoms with E-state index in [1.807, 2.05) is 17.0 Å². The van der Waals surface area contributed by atoms with E-state index in [1.165, 1.54) is 0 Å². The van der Waals surface area contributed by atoms with E-state index in [9.17, 15) is 9.59 Å². The Balaban J connectivity index is 1.61. The summed E-state index contributed by atoms with van der Waals surface area (Å²) in [4.78, 5) is 27.3. The van der Waals surface area contributed by atoms with Gasteiger partial charge in [-0.25, -0.2) is 4.79 Å². The summed E-state index contributed by atoms with van der Waals surface area (Å²) in [5, 5.41) is 9.02. The van der Waals surface area contributed by atoms with E-state index in [4.69, 9.17) is 9.52 Å². The Morgan fingerprint density at radius 2 is 2.00 bits per heavy atom. The number of carbonyl (C=O) groups is 2. The van der Waals surface area contributed by atoms with E-state index >= 15 is 0 Å². The second-order valence-electron chi connectivity index (χ2n) is 5.82. The van der Waals surface area contributed by atoms with Crippen LogP contribution in [-0.4, -0.2) is 46.0 Å². The molecule has 2 amide bonds. The van der Waals surface area contributed by atoms with E-state index in [-0.39, 0.29) is 11.9 Å². The molecule has 3 rings (SSSR count). The smallest absolute Gasteiger partial charge is 0.320 e. The predicted octanol–water partition coefficient (Wildman–Crippen LogP) is 2.16. The molecule has 1 saturated carbocycles. The third-order valence-corrected chi connectivity index (χ3v) is 4.25. The lowest BCUT2D eigenvalue weighted by molar-refractivity contribution is -0.143. The zero-order valence-corrected chi connectivity index (χ0v) is 11.9. The third-order valence-electron chi connectivity index (χ3n) is 4.25. The summed E-state index contributed by atoms with van der Waals surface area (Å²) in [6.45, 7) is 1.55. The molecule has 1 N–H and O–H groups in total. The molecule has 2 fully saturated rings. The quantitative estimate of drug-likeness (QED) is 0.923. The van der Waals surface area contributed by atoms with Crippen molar-refractivity contribution in [3.63, 3.8) is 0 Å². The largest absolute Gasteiger partial charge is 0.481 e. The van der Waals surface area contributed by atoms with Gasteiger partial charge >= 0.3 is 12.0 Å². The first-order valence-electron chi connectivity index (χ1n) is 7.46. The standard InChI is InChI=1S/C15H20N2O4/c18-14(19)11-5-7-16(8-6-11)15(20)17(12-3-4-12)10-13-2-1-9-21-13/h1-2,9,11-12H,3-8,10H2,(H,18,19). The van der Waals surface area contributed by atoms with E-state index in [0.29, 0.717) is 38.5 Å². The fourth-order valence-corrected chi connectivity index (χ4v) is 2.81. The van der Waals surface area contributed by atoms with E-state index in [0.717, 1.165) is 18.6 Å². The van der Waals surface area contributed by atoms with E-state index in [2.05, 4.69) is 0 Å². The molecule has 1 saturated heterocycles. The molecular formula is C15H20N2O4. The van der Waals surface area contributed by atoms with E-state index in [1.54, 1.807) is 11.2 Å². The van der Waals surface area contributed by atoms with Crippen LogP contribution in [0.25, 0.3) is 0 Å². The molecule has 114 valence electrons. The number of hydrogen-bond donors (Lipinski definition) is 1. The molecule has 0 aromatic carbocycles. The minimum absolute atomic E-state index is 0.0118. The molecule has 1 aromatic heterocycles. The van der Waals surface area contributed by atoms with Crippen molar-refractivity contribution in [2.24, 2.45) is 5.92 Å². The average molecular weight is 292 g/mol. The van der Waals surface area contributed by atoms with E-state index < -0.39 is 5.97 Å². The monoisotopic (exact) mass is 292 g/mol. The molecule has 1 aromatic rings. The second kappa shape index (κ2) is 5.79. The van der Waals surface area contributed by atoms with Crippen molar-refractivity contribution in [1.82, 2.24) is 9.80 Å². The number of carboxylic acids is 1. The van der Waals surface area contributed by atoms with Gasteiger partial charge in [0.05, 0.1) is 18.7 Å². The van der Waals surface area contributed by atoms with Crippen LogP contribution in [0.2, 0.25) is 0 Å². The van der Waals surface area contributed by atoms with Crippen molar-refractivity contribution >= 4 is 12.0 Å². The summed E-state index contributed by atoms with van der Waals surface area (Å²) in [7, 11) is 0. The van der Waals surface area contributed by atoms with Gasteiger partial charge in [-0.15, -0.1) is 0 Å². The Bertz CT molecular complexity index is 502. The number of likely N-dealkylation sites (tertiary alicyclic amines) is 1. The van der Waals surface area contributed by atoms with Crippen LogP contribution in [-0.2, 0) is 11.3 Å². The zero-order valence-electron chi connectivity index (χ0n) is 11.9. The van der Waals surface area contributed by atoms with Gasteiger partial charge in [-0.3, -0.25) is 4.79 Å². The van der Waals surface area contributed by atoms with Crippen LogP contribution in [0.15, 0.2) is 22.8 Å². The van der Waals surface area contributed by atoms with Gasteiger partial charge in [0.2, 0.25) is 0 Å². The third kappa shape index (κ3) is 3.20. The minimum atomic E-state index is -0.753. The molecule has 0 atom stereocenters. The van der Waals surface area contributed by atoms with Gasteiger partial charge in [0, 0.05) is 19.1 Å². The Morgan fingerprint density at radius 3 is 2.52 bits per heavy atom. The van der Waals surface area contributed by atoms with Crippen LogP contribution in [0.5, 0.6) is 0 Å². The summed E-state index contributed by atoms with van der Waals surface area (Å²) in [5.41, 5.74) is 0. The highest BCUT2D eigenvalue weighted by Crippen LogP contribution is 2.30. The molecule has 1 aliphatic carbocycles. The lowest BCUT2D eigenvalue weighted by Crippen LogP contribution is -2.48. The fraction of sp³-hybridized carbons (Fsp3) is 0.600. The van der Waals surface area contributed by atoms with Crippen molar-refractivity contribution in [2.75, 3.05) is 13.1 Å². The number of aliphatic carboxylic acids is 1. The molecule has 21 heavy (non-hydrogen) atoms. The maximum atomic E-state index is 12.6. The zero-order chi connectivity index (χ0) is 14.8. The predicted molar refractivity (Wildman–Crippen MR) is 74.6 cm³/mol. The lowest BCUT2D eigenvalue weighted by Gasteiger charge is -2.34. The molecule has 6 heteroatoms. The van der Waals surface area contributed by atoms with Crippen LogP contribution >= 0.6 is 0 Å². The maximum absolute atomic E-state index is 12.6. The summed E-state index contributed by atoms with van der Waals surface area (Å²) in [5.74, 6) is -0.277. The minimum Gasteiger partial charge on any atom is -0.481 e. The maximum Gasteiger partial charge on any atom is 0.320 e. The number of amides is 2. The number of nitrogens with zero attached hydrogens (tertiary/aromatic N) is 2. The van der Waals surface area contributed by atoms with Crippen molar-refractivity contribution in [3.05, 3.63) is 24.2 Å². The molecule has 0 bridgehead atoms.